The van der Waals surface area contributed by atoms with Crippen LogP contribution in [0.1, 0.15) is 27.7 Å². The van der Waals surface area contributed by atoms with E-state index in [1.54, 1.807) is 0 Å². The van der Waals surface area contributed by atoms with E-state index in [2.05, 4.69) is 30.6 Å². The number of carbonyl (C=O) groups is 1. The Labute approximate surface area is 145 Å². The molecule has 2 atom stereocenters. The van der Waals surface area contributed by atoms with Gasteiger partial charge in [0.15, 0.2) is 0 Å². The molecule has 1 aromatic rings. The Hall–Kier alpha value is -1.43. The molecule has 1 aliphatic heterocycles. The van der Waals surface area contributed by atoms with E-state index in [4.69, 9.17) is 0 Å². The Morgan fingerprint density at radius 3 is 2.46 bits per heavy atom. The summed E-state index contributed by atoms with van der Waals surface area (Å²) in [5.41, 5.74) is 0.956. The van der Waals surface area contributed by atoms with Gasteiger partial charge >= 0.3 is 0 Å². The molecule has 0 spiro atoms. The van der Waals surface area contributed by atoms with E-state index in [1.165, 1.54) is 0 Å². The van der Waals surface area contributed by atoms with Gasteiger partial charge in [0.1, 0.15) is 0 Å². The number of hydrogen-bond donors (Lipinski definition) is 1. The zero-order valence-corrected chi connectivity index (χ0v) is 15.4. The number of anilines is 1. The molecule has 0 bridgehead atoms. The molecule has 24 heavy (non-hydrogen) atoms. The Balaban J connectivity index is 1.98. The lowest BCUT2D eigenvalue weighted by Crippen LogP contribution is -2.56. The van der Waals surface area contributed by atoms with Crippen LogP contribution in [0.4, 0.5) is 5.69 Å². The number of carbonyl (C=O) groups excluding carboxylic acids is 1. The maximum absolute atomic E-state index is 12.9. The number of amides is 1. The summed E-state index contributed by atoms with van der Waals surface area (Å²) >= 11 is 0. The largest absolute Gasteiger partial charge is 0.392 e. The number of aliphatic hydroxyl groups excluding tert-OH is 1. The van der Waals surface area contributed by atoms with Crippen molar-refractivity contribution in [1.29, 1.82) is 0 Å². The first kappa shape index (κ1) is 18.9. The van der Waals surface area contributed by atoms with Crippen molar-refractivity contribution in [2.24, 2.45) is 0 Å². The van der Waals surface area contributed by atoms with Gasteiger partial charge < -0.3 is 10.0 Å². The van der Waals surface area contributed by atoms with E-state index in [1.807, 2.05) is 42.2 Å². The molecule has 0 unspecified atom stereocenters. The van der Waals surface area contributed by atoms with Gasteiger partial charge in [0, 0.05) is 44.0 Å². The second kappa shape index (κ2) is 8.60. The van der Waals surface area contributed by atoms with Gasteiger partial charge in [-0.1, -0.05) is 18.2 Å². The van der Waals surface area contributed by atoms with Crippen molar-refractivity contribution in [3.05, 3.63) is 30.3 Å². The van der Waals surface area contributed by atoms with Crippen molar-refractivity contribution in [2.45, 2.75) is 45.9 Å². The van der Waals surface area contributed by atoms with Crippen molar-refractivity contribution in [3.8, 4) is 0 Å². The summed E-state index contributed by atoms with van der Waals surface area (Å²) in [5, 5.41) is 9.55. The smallest absolute Gasteiger partial charge is 0.241 e. The summed E-state index contributed by atoms with van der Waals surface area (Å²) in [6, 6.07) is 10.3. The zero-order valence-electron chi connectivity index (χ0n) is 15.4. The SMILES string of the molecule is CC(C)N(C(=O)CN1CCN(C[C@H](C)O)C[C@@H]1C)c1ccccc1. The lowest BCUT2D eigenvalue weighted by molar-refractivity contribution is -0.121. The van der Waals surface area contributed by atoms with Crippen molar-refractivity contribution in [3.63, 3.8) is 0 Å². The van der Waals surface area contributed by atoms with Gasteiger partial charge in [-0.15, -0.1) is 0 Å². The highest BCUT2D eigenvalue weighted by molar-refractivity contribution is 5.95. The normalized spacial score (nSPS) is 21.0. The minimum Gasteiger partial charge on any atom is -0.392 e. The van der Waals surface area contributed by atoms with Gasteiger partial charge in [0.25, 0.3) is 0 Å². The molecule has 5 heteroatoms. The molecule has 0 aliphatic carbocycles. The Morgan fingerprint density at radius 1 is 1.25 bits per heavy atom. The third kappa shape index (κ3) is 5.03. The quantitative estimate of drug-likeness (QED) is 0.863. The molecule has 0 saturated carbocycles. The lowest BCUT2D eigenvalue weighted by atomic mass is 10.1. The zero-order chi connectivity index (χ0) is 17.7. The number of rotatable bonds is 6. The van der Waals surface area contributed by atoms with Gasteiger partial charge in [-0.3, -0.25) is 14.6 Å². The van der Waals surface area contributed by atoms with Crippen molar-refractivity contribution in [2.75, 3.05) is 37.6 Å². The third-order valence-electron chi connectivity index (χ3n) is 4.53. The fourth-order valence-electron chi connectivity index (χ4n) is 3.41. The molecule has 2 rings (SSSR count). The summed E-state index contributed by atoms with van der Waals surface area (Å²) in [7, 11) is 0. The van der Waals surface area contributed by atoms with Gasteiger partial charge in [-0.25, -0.2) is 0 Å². The van der Waals surface area contributed by atoms with Crippen LogP contribution in [0, 0.1) is 0 Å². The van der Waals surface area contributed by atoms with Crippen LogP contribution in [0.5, 0.6) is 0 Å². The summed E-state index contributed by atoms with van der Waals surface area (Å²) in [6.45, 7) is 11.9. The van der Waals surface area contributed by atoms with Crippen LogP contribution < -0.4 is 4.90 Å². The van der Waals surface area contributed by atoms with E-state index in [0.717, 1.165) is 25.3 Å². The molecule has 1 heterocycles. The molecule has 1 aliphatic rings. The van der Waals surface area contributed by atoms with Crippen LogP contribution in [0.15, 0.2) is 30.3 Å². The molecule has 1 saturated heterocycles. The summed E-state index contributed by atoms with van der Waals surface area (Å²) in [4.78, 5) is 19.3. The molecule has 134 valence electrons. The Kier molecular flexibility index (Phi) is 6.78. The lowest BCUT2D eigenvalue weighted by Gasteiger charge is -2.41. The van der Waals surface area contributed by atoms with E-state index in [-0.39, 0.29) is 18.1 Å². The predicted molar refractivity (Wildman–Crippen MR) is 98.2 cm³/mol. The van der Waals surface area contributed by atoms with E-state index in [9.17, 15) is 9.90 Å². The maximum Gasteiger partial charge on any atom is 0.241 e. The number of β-amino-alcohol motifs (C(OH)–C–C–N with tert-alkyl or cyclic N) is 1. The first-order valence-electron chi connectivity index (χ1n) is 8.90. The number of para-hydroxylation sites is 1. The highest BCUT2D eigenvalue weighted by atomic mass is 16.3. The van der Waals surface area contributed by atoms with Gasteiger partial charge in [0.2, 0.25) is 5.91 Å². The molecule has 1 aromatic carbocycles. The molecule has 0 radical (unpaired) electrons. The number of benzene rings is 1. The van der Waals surface area contributed by atoms with E-state index in [0.29, 0.717) is 19.1 Å². The van der Waals surface area contributed by atoms with Crippen molar-refractivity contribution >= 4 is 11.6 Å². The van der Waals surface area contributed by atoms with Gasteiger partial charge in [-0.2, -0.15) is 0 Å². The first-order valence-corrected chi connectivity index (χ1v) is 8.90. The minimum absolute atomic E-state index is 0.131. The van der Waals surface area contributed by atoms with Crippen molar-refractivity contribution < 1.29 is 9.90 Å². The topological polar surface area (TPSA) is 47.0 Å². The minimum atomic E-state index is -0.306. The van der Waals surface area contributed by atoms with Crippen LogP contribution >= 0.6 is 0 Å². The average molecular weight is 333 g/mol. The van der Waals surface area contributed by atoms with Crippen LogP contribution in [0.3, 0.4) is 0 Å². The fraction of sp³-hybridized carbons (Fsp3) is 0.632. The molecule has 0 aromatic heterocycles. The Morgan fingerprint density at radius 2 is 1.92 bits per heavy atom. The van der Waals surface area contributed by atoms with Crippen LogP contribution in [-0.2, 0) is 4.79 Å². The second-order valence-corrected chi connectivity index (χ2v) is 7.12. The summed E-state index contributed by atoms with van der Waals surface area (Å²) in [5.74, 6) is 0.145. The standard InChI is InChI=1S/C19H31N3O2/c1-15(2)22(18-8-6-5-7-9-18)19(24)14-21-11-10-20(12-16(21)3)13-17(4)23/h5-9,15-17,23H,10-14H2,1-4H3/t16-,17-/m0/s1. The molecule has 5 nitrogen and oxygen atoms in total. The maximum atomic E-state index is 12.9. The highest BCUT2D eigenvalue weighted by Gasteiger charge is 2.28. The van der Waals surface area contributed by atoms with E-state index >= 15 is 0 Å². The van der Waals surface area contributed by atoms with Crippen LogP contribution in [-0.4, -0.2) is 71.7 Å². The highest BCUT2D eigenvalue weighted by Crippen LogP contribution is 2.18. The number of nitrogens with zero attached hydrogens (tertiary/aromatic N) is 3. The molecule has 1 N–H and O–H groups in total. The number of aliphatic hydroxyl groups is 1. The van der Waals surface area contributed by atoms with Crippen LogP contribution in [0.25, 0.3) is 0 Å². The Bertz CT molecular complexity index is 519. The fourth-order valence-corrected chi connectivity index (χ4v) is 3.41. The molecule has 1 fully saturated rings. The van der Waals surface area contributed by atoms with Crippen LogP contribution in [0.2, 0.25) is 0 Å². The van der Waals surface area contributed by atoms with Crippen molar-refractivity contribution in [1.82, 2.24) is 9.80 Å². The molecular weight excluding hydrogens is 302 g/mol. The predicted octanol–water partition coefficient (Wildman–Crippen LogP) is 1.81. The first-order chi connectivity index (χ1) is 11.4. The summed E-state index contributed by atoms with van der Waals surface area (Å²) < 4.78 is 0. The second-order valence-electron chi connectivity index (χ2n) is 7.12. The van der Waals surface area contributed by atoms with E-state index < -0.39 is 0 Å². The number of piperazine rings is 1. The molecular formula is C19H31N3O2. The summed E-state index contributed by atoms with van der Waals surface area (Å²) in [6.07, 6.45) is -0.306. The molecule has 1 amide bonds. The number of hydrogen-bond acceptors (Lipinski definition) is 4. The van der Waals surface area contributed by atoms with Gasteiger partial charge in [-0.05, 0) is 39.8 Å². The monoisotopic (exact) mass is 333 g/mol. The average Bonchev–Trinajstić information content (AvgIpc) is 2.50. The third-order valence-corrected chi connectivity index (χ3v) is 4.53. The van der Waals surface area contributed by atoms with Gasteiger partial charge in [0.05, 0.1) is 12.6 Å².